The van der Waals surface area contributed by atoms with Gasteiger partial charge in [-0.3, -0.25) is 4.79 Å². The summed E-state index contributed by atoms with van der Waals surface area (Å²) in [5.74, 6) is 0.0820. The number of ether oxygens (including phenoxy) is 2. The first-order chi connectivity index (χ1) is 8.04. The van der Waals surface area contributed by atoms with E-state index in [1.54, 1.807) is 14.0 Å². The molecule has 0 aromatic rings. The molecule has 0 heterocycles. The van der Waals surface area contributed by atoms with Crippen LogP contribution in [0.3, 0.4) is 0 Å². The largest absolute Gasteiger partial charge is 0.461 e. The average molecular weight is 241 g/mol. The van der Waals surface area contributed by atoms with Crippen molar-refractivity contribution in [2.45, 2.75) is 63.2 Å². The molecule has 0 aromatic heterocycles. The van der Waals surface area contributed by atoms with Crippen LogP contribution in [-0.2, 0) is 14.3 Å². The summed E-state index contributed by atoms with van der Waals surface area (Å²) >= 11 is 0. The highest BCUT2D eigenvalue weighted by Gasteiger charge is 2.46. The van der Waals surface area contributed by atoms with Crippen molar-refractivity contribution in [1.29, 1.82) is 0 Å². The Morgan fingerprint density at radius 2 is 1.88 bits per heavy atom. The molecule has 4 nitrogen and oxygen atoms in total. The lowest BCUT2D eigenvalue weighted by atomic mass is 9.93. The van der Waals surface area contributed by atoms with Crippen LogP contribution in [0.25, 0.3) is 0 Å². The summed E-state index contributed by atoms with van der Waals surface area (Å²) in [6.45, 7) is 1.80. The van der Waals surface area contributed by atoms with Crippen molar-refractivity contribution in [3.8, 4) is 0 Å². The highest BCUT2D eigenvalue weighted by Crippen LogP contribution is 2.39. The zero-order chi connectivity index (χ0) is 12.5. The Morgan fingerprint density at radius 3 is 2.47 bits per heavy atom. The molecule has 0 aliphatic heterocycles. The average Bonchev–Trinajstić information content (AvgIpc) is 3.13. The zero-order valence-corrected chi connectivity index (χ0v) is 10.8. The summed E-state index contributed by atoms with van der Waals surface area (Å²) in [5, 5.41) is 0. The van der Waals surface area contributed by atoms with Gasteiger partial charge in [-0.1, -0.05) is 0 Å². The Kier molecular flexibility index (Phi) is 3.73. The maximum absolute atomic E-state index is 12.0. The van der Waals surface area contributed by atoms with Crippen molar-refractivity contribution in [2.24, 2.45) is 11.7 Å². The molecule has 2 fully saturated rings. The van der Waals surface area contributed by atoms with Gasteiger partial charge < -0.3 is 15.2 Å². The van der Waals surface area contributed by atoms with Gasteiger partial charge in [-0.2, -0.15) is 0 Å². The van der Waals surface area contributed by atoms with E-state index in [0.717, 1.165) is 38.5 Å². The topological polar surface area (TPSA) is 61.5 Å². The van der Waals surface area contributed by atoms with Crippen LogP contribution in [0.4, 0.5) is 0 Å². The monoisotopic (exact) mass is 241 g/mol. The van der Waals surface area contributed by atoms with E-state index in [0.29, 0.717) is 5.92 Å². The Morgan fingerprint density at radius 1 is 1.24 bits per heavy atom. The number of esters is 1. The van der Waals surface area contributed by atoms with Crippen molar-refractivity contribution >= 4 is 5.97 Å². The van der Waals surface area contributed by atoms with Gasteiger partial charge in [0.1, 0.15) is 11.6 Å². The Labute approximate surface area is 103 Å². The van der Waals surface area contributed by atoms with Crippen LogP contribution in [0.2, 0.25) is 0 Å². The van der Waals surface area contributed by atoms with Crippen LogP contribution in [-0.4, -0.2) is 30.8 Å². The van der Waals surface area contributed by atoms with Gasteiger partial charge in [0, 0.05) is 13.5 Å². The van der Waals surface area contributed by atoms with Crippen molar-refractivity contribution in [3.05, 3.63) is 0 Å². The summed E-state index contributed by atoms with van der Waals surface area (Å²) in [6.07, 6.45) is 6.18. The molecular weight excluding hydrogens is 218 g/mol. The molecule has 17 heavy (non-hydrogen) atoms. The third-order valence-corrected chi connectivity index (χ3v) is 4.05. The second kappa shape index (κ2) is 4.94. The standard InChI is InChI=1S/C13H23NO3/c1-13(14,9-6-7-9)12(15)17-11-5-3-4-10(8-11)16-2/h9-11H,3-8,14H2,1-2H3. The van der Waals surface area contributed by atoms with E-state index in [2.05, 4.69) is 0 Å². The smallest absolute Gasteiger partial charge is 0.326 e. The molecule has 2 rings (SSSR count). The number of hydrogen-bond donors (Lipinski definition) is 1. The molecule has 0 radical (unpaired) electrons. The van der Waals surface area contributed by atoms with E-state index < -0.39 is 5.54 Å². The summed E-state index contributed by atoms with van der Waals surface area (Å²) in [7, 11) is 1.71. The normalized spacial score (nSPS) is 32.9. The first-order valence-corrected chi connectivity index (χ1v) is 6.56. The molecule has 0 bridgehead atoms. The summed E-state index contributed by atoms with van der Waals surface area (Å²) in [5.41, 5.74) is 5.25. The number of methoxy groups -OCH3 is 1. The highest BCUT2D eigenvalue weighted by atomic mass is 16.5. The zero-order valence-electron chi connectivity index (χ0n) is 10.8. The number of nitrogens with two attached hydrogens (primary N) is 1. The third kappa shape index (κ3) is 2.99. The molecule has 2 saturated carbocycles. The molecule has 0 amide bonds. The predicted octanol–water partition coefficient (Wildman–Crippen LogP) is 1.61. The number of hydrogen-bond acceptors (Lipinski definition) is 4. The predicted molar refractivity (Wildman–Crippen MR) is 64.5 cm³/mol. The molecule has 2 N–H and O–H groups in total. The number of carbonyl (C=O) groups is 1. The van der Waals surface area contributed by atoms with Crippen LogP contribution < -0.4 is 5.73 Å². The molecule has 4 heteroatoms. The van der Waals surface area contributed by atoms with Gasteiger partial charge in [-0.25, -0.2) is 0 Å². The number of rotatable bonds is 4. The van der Waals surface area contributed by atoms with E-state index in [-0.39, 0.29) is 18.2 Å². The summed E-state index contributed by atoms with van der Waals surface area (Å²) < 4.78 is 10.9. The first kappa shape index (κ1) is 12.8. The van der Waals surface area contributed by atoms with Crippen LogP contribution in [0.1, 0.15) is 45.4 Å². The Bertz CT molecular complexity index is 286. The quantitative estimate of drug-likeness (QED) is 0.760. The van der Waals surface area contributed by atoms with Crippen LogP contribution in [0.15, 0.2) is 0 Å². The third-order valence-electron chi connectivity index (χ3n) is 4.05. The summed E-state index contributed by atoms with van der Waals surface area (Å²) in [4.78, 5) is 12.0. The van der Waals surface area contributed by atoms with E-state index in [4.69, 9.17) is 15.2 Å². The maximum atomic E-state index is 12.0. The number of carbonyl (C=O) groups excluding carboxylic acids is 1. The highest BCUT2D eigenvalue weighted by molar-refractivity contribution is 5.81. The fourth-order valence-electron chi connectivity index (χ4n) is 2.55. The maximum Gasteiger partial charge on any atom is 0.326 e. The van der Waals surface area contributed by atoms with Gasteiger partial charge in [-0.05, 0) is 44.9 Å². The van der Waals surface area contributed by atoms with Gasteiger partial charge in [0.2, 0.25) is 0 Å². The molecule has 0 aromatic carbocycles. The van der Waals surface area contributed by atoms with Crippen molar-refractivity contribution in [1.82, 2.24) is 0 Å². The Hall–Kier alpha value is -0.610. The van der Waals surface area contributed by atoms with E-state index in [1.807, 2.05) is 0 Å². The van der Waals surface area contributed by atoms with Crippen molar-refractivity contribution < 1.29 is 14.3 Å². The molecule has 98 valence electrons. The van der Waals surface area contributed by atoms with E-state index >= 15 is 0 Å². The molecule has 3 atom stereocenters. The molecule has 3 unspecified atom stereocenters. The van der Waals surface area contributed by atoms with Gasteiger partial charge >= 0.3 is 5.97 Å². The van der Waals surface area contributed by atoms with Crippen LogP contribution in [0.5, 0.6) is 0 Å². The molecular formula is C13H23NO3. The fraction of sp³-hybridized carbons (Fsp3) is 0.923. The van der Waals surface area contributed by atoms with Crippen LogP contribution in [0, 0.1) is 5.92 Å². The lowest BCUT2D eigenvalue weighted by Gasteiger charge is -2.31. The Balaban J connectivity index is 1.85. The van der Waals surface area contributed by atoms with Gasteiger partial charge in [0.05, 0.1) is 6.10 Å². The van der Waals surface area contributed by atoms with Crippen LogP contribution >= 0.6 is 0 Å². The van der Waals surface area contributed by atoms with Gasteiger partial charge in [0.25, 0.3) is 0 Å². The minimum absolute atomic E-state index is 0.0113. The summed E-state index contributed by atoms with van der Waals surface area (Å²) in [6, 6.07) is 0. The lowest BCUT2D eigenvalue weighted by molar-refractivity contribution is -0.159. The van der Waals surface area contributed by atoms with Crippen molar-refractivity contribution in [2.75, 3.05) is 7.11 Å². The second-order valence-corrected chi connectivity index (χ2v) is 5.61. The van der Waals surface area contributed by atoms with Crippen molar-refractivity contribution in [3.63, 3.8) is 0 Å². The minimum atomic E-state index is -0.792. The minimum Gasteiger partial charge on any atom is -0.461 e. The first-order valence-electron chi connectivity index (χ1n) is 6.56. The van der Waals surface area contributed by atoms with Gasteiger partial charge in [-0.15, -0.1) is 0 Å². The molecule has 0 spiro atoms. The second-order valence-electron chi connectivity index (χ2n) is 5.61. The van der Waals surface area contributed by atoms with Gasteiger partial charge in [0.15, 0.2) is 0 Å². The lowest BCUT2D eigenvalue weighted by Crippen LogP contribution is -2.49. The van der Waals surface area contributed by atoms with E-state index in [9.17, 15) is 4.79 Å². The molecule has 2 aliphatic rings. The van der Waals surface area contributed by atoms with E-state index in [1.165, 1.54) is 0 Å². The fourth-order valence-corrected chi connectivity index (χ4v) is 2.55. The molecule has 2 aliphatic carbocycles. The SMILES string of the molecule is COC1CCCC(OC(=O)C(C)(N)C2CC2)C1. The molecule has 0 saturated heterocycles.